The molecule has 2 N–H and O–H groups in total. The molecule has 26 heavy (non-hydrogen) atoms. The van der Waals surface area contributed by atoms with Crippen molar-refractivity contribution in [1.82, 2.24) is 9.99 Å². The predicted molar refractivity (Wildman–Crippen MR) is 112 cm³/mol. The molecule has 2 aliphatic rings. The van der Waals surface area contributed by atoms with Gasteiger partial charge in [-0.2, -0.15) is 0 Å². The highest BCUT2D eigenvalue weighted by atomic mass is 32.2. The molecule has 0 aliphatic carbocycles. The SMILES string of the molecule is Cc1c[nH]c2ccc(NN3C=C(c4ccccc4)C=C4SCC=C43)cc12. The Kier molecular flexibility index (Phi) is 3.64. The minimum absolute atomic E-state index is 1.02. The number of aromatic nitrogens is 1. The fourth-order valence-electron chi connectivity index (χ4n) is 3.45. The first-order valence-corrected chi connectivity index (χ1v) is 9.72. The molecule has 1 aromatic heterocycles. The van der Waals surface area contributed by atoms with E-state index in [0.29, 0.717) is 0 Å². The first-order chi connectivity index (χ1) is 12.8. The van der Waals surface area contributed by atoms with Crippen LogP contribution in [0.3, 0.4) is 0 Å². The lowest BCUT2D eigenvalue weighted by atomic mass is 10.0. The van der Waals surface area contributed by atoms with Crippen LogP contribution in [0.5, 0.6) is 0 Å². The van der Waals surface area contributed by atoms with Gasteiger partial charge in [0.25, 0.3) is 0 Å². The van der Waals surface area contributed by atoms with Gasteiger partial charge in [-0.3, -0.25) is 10.4 Å². The number of aryl methyl sites for hydroxylation is 1. The standard InChI is InChI=1S/C22H19N3S/c1-15-13-23-20-8-7-18(12-19(15)20)24-25-14-17(16-5-3-2-4-6-16)11-22-21(25)9-10-26-22/h2-9,11-14,23-24H,10H2,1H3. The first-order valence-electron chi connectivity index (χ1n) is 8.74. The van der Waals surface area contributed by atoms with Crippen LogP contribution >= 0.6 is 11.8 Å². The van der Waals surface area contributed by atoms with E-state index in [0.717, 1.165) is 11.4 Å². The quantitative estimate of drug-likeness (QED) is 0.633. The van der Waals surface area contributed by atoms with E-state index in [4.69, 9.17) is 0 Å². The highest BCUT2D eigenvalue weighted by Crippen LogP contribution is 2.40. The van der Waals surface area contributed by atoms with Crippen LogP contribution < -0.4 is 5.43 Å². The van der Waals surface area contributed by atoms with E-state index in [1.54, 1.807) is 0 Å². The molecule has 0 saturated carbocycles. The Morgan fingerprint density at radius 1 is 1.12 bits per heavy atom. The topological polar surface area (TPSA) is 31.1 Å². The van der Waals surface area contributed by atoms with Crippen LogP contribution in [-0.4, -0.2) is 15.7 Å². The smallest absolute Gasteiger partial charge is 0.0728 e. The van der Waals surface area contributed by atoms with Crippen LogP contribution in [0, 0.1) is 6.92 Å². The molecule has 3 heterocycles. The summed E-state index contributed by atoms with van der Waals surface area (Å²) < 4.78 is 0. The second-order valence-corrected chi connectivity index (χ2v) is 7.64. The summed E-state index contributed by atoms with van der Waals surface area (Å²) in [6.45, 7) is 2.13. The van der Waals surface area contributed by atoms with Crippen molar-refractivity contribution in [2.24, 2.45) is 0 Å². The molecular weight excluding hydrogens is 338 g/mol. The van der Waals surface area contributed by atoms with Crippen LogP contribution in [0.1, 0.15) is 11.1 Å². The number of hydrazine groups is 1. The van der Waals surface area contributed by atoms with Crippen LogP contribution in [0.25, 0.3) is 16.5 Å². The summed E-state index contributed by atoms with van der Waals surface area (Å²) in [5.41, 5.74) is 10.8. The fourth-order valence-corrected chi connectivity index (χ4v) is 4.42. The molecule has 0 bridgehead atoms. The molecule has 4 heteroatoms. The number of thioether (sulfide) groups is 1. The van der Waals surface area contributed by atoms with Crippen molar-refractivity contribution in [2.45, 2.75) is 6.92 Å². The van der Waals surface area contributed by atoms with Gasteiger partial charge in [-0.25, -0.2) is 0 Å². The number of anilines is 1. The largest absolute Gasteiger partial charge is 0.361 e. The summed E-state index contributed by atoms with van der Waals surface area (Å²) in [5, 5.41) is 3.41. The Morgan fingerprint density at radius 2 is 2.00 bits per heavy atom. The molecule has 128 valence electrons. The molecule has 5 rings (SSSR count). The van der Waals surface area contributed by atoms with E-state index in [9.17, 15) is 0 Å². The minimum Gasteiger partial charge on any atom is -0.361 e. The molecule has 0 radical (unpaired) electrons. The second kappa shape index (κ2) is 6.15. The highest BCUT2D eigenvalue weighted by molar-refractivity contribution is 8.03. The number of hydrogen-bond donors (Lipinski definition) is 2. The summed E-state index contributed by atoms with van der Waals surface area (Å²) in [6, 6.07) is 17.0. The average Bonchev–Trinajstić information content (AvgIpc) is 3.30. The van der Waals surface area contributed by atoms with Crippen LogP contribution in [0.15, 0.2) is 83.7 Å². The third kappa shape index (κ3) is 2.63. The molecule has 3 aromatic rings. The Hall–Kier alpha value is -2.85. The van der Waals surface area contributed by atoms with E-state index in [1.165, 1.54) is 38.2 Å². The number of aromatic amines is 1. The number of nitrogens with zero attached hydrogens (tertiary/aromatic N) is 1. The monoisotopic (exact) mass is 357 g/mol. The normalized spacial score (nSPS) is 16.2. The summed E-state index contributed by atoms with van der Waals surface area (Å²) >= 11 is 1.89. The van der Waals surface area contributed by atoms with Gasteiger partial charge in [-0.1, -0.05) is 30.3 Å². The van der Waals surface area contributed by atoms with E-state index >= 15 is 0 Å². The number of nitrogens with one attached hydrogen (secondary N) is 2. The molecule has 0 fully saturated rings. The summed E-state index contributed by atoms with van der Waals surface area (Å²) in [6.07, 6.45) is 8.81. The number of benzene rings is 2. The maximum Gasteiger partial charge on any atom is 0.0728 e. The van der Waals surface area contributed by atoms with Crippen LogP contribution in [0.4, 0.5) is 5.69 Å². The van der Waals surface area contributed by atoms with Gasteiger partial charge in [-0.05, 0) is 48.4 Å². The fraction of sp³-hybridized carbons (Fsp3) is 0.0909. The van der Waals surface area contributed by atoms with Gasteiger partial charge in [0.1, 0.15) is 0 Å². The van der Waals surface area contributed by atoms with Crippen LogP contribution in [-0.2, 0) is 0 Å². The zero-order chi connectivity index (χ0) is 17.5. The summed E-state index contributed by atoms with van der Waals surface area (Å²) in [7, 11) is 0. The predicted octanol–water partition coefficient (Wildman–Crippen LogP) is 5.67. The Balaban J connectivity index is 1.52. The van der Waals surface area contributed by atoms with E-state index in [-0.39, 0.29) is 0 Å². The third-order valence-corrected chi connectivity index (χ3v) is 5.80. The molecule has 3 nitrogen and oxygen atoms in total. The Morgan fingerprint density at radius 3 is 2.88 bits per heavy atom. The maximum absolute atomic E-state index is 3.58. The Bertz CT molecular complexity index is 1070. The second-order valence-electron chi connectivity index (χ2n) is 6.57. The van der Waals surface area contributed by atoms with Gasteiger partial charge in [0.05, 0.1) is 11.4 Å². The van der Waals surface area contributed by atoms with Crippen molar-refractivity contribution in [1.29, 1.82) is 0 Å². The van der Waals surface area contributed by atoms with Crippen molar-refractivity contribution in [3.8, 4) is 0 Å². The lowest BCUT2D eigenvalue weighted by molar-refractivity contribution is 0.572. The summed E-state index contributed by atoms with van der Waals surface area (Å²) in [5.74, 6) is 1.02. The lowest BCUT2D eigenvalue weighted by Gasteiger charge is -2.29. The van der Waals surface area contributed by atoms with Gasteiger partial charge in [-0.15, -0.1) is 11.8 Å². The van der Waals surface area contributed by atoms with E-state index < -0.39 is 0 Å². The molecular formula is C22H19N3S. The number of H-pyrrole nitrogens is 1. The Labute approximate surface area is 157 Å². The van der Waals surface area contributed by atoms with E-state index in [2.05, 4.69) is 95.4 Å². The number of rotatable bonds is 3. The molecule has 0 spiro atoms. The number of allylic oxidation sites excluding steroid dienone is 2. The summed E-state index contributed by atoms with van der Waals surface area (Å²) in [4.78, 5) is 4.62. The molecule has 0 saturated heterocycles. The average molecular weight is 357 g/mol. The van der Waals surface area contributed by atoms with Crippen LogP contribution in [0.2, 0.25) is 0 Å². The lowest BCUT2D eigenvalue weighted by Crippen LogP contribution is -2.25. The molecule has 2 aromatic carbocycles. The minimum atomic E-state index is 1.02. The van der Waals surface area contributed by atoms with Crippen molar-refractivity contribution >= 4 is 33.9 Å². The van der Waals surface area contributed by atoms with Gasteiger partial charge in [0, 0.05) is 39.5 Å². The number of hydrogen-bond acceptors (Lipinski definition) is 3. The number of fused-ring (bicyclic) bond motifs is 2. The van der Waals surface area contributed by atoms with Crippen molar-refractivity contribution in [3.63, 3.8) is 0 Å². The molecule has 2 aliphatic heterocycles. The van der Waals surface area contributed by atoms with Crippen molar-refractivity contribution < 1.29 is 0 Å². The third-order valence-electron chi connectivity index (χ3n) is 4.83. The molecule has 0 amide bonds. The first kappa shape index (κ1) is 15.4. The molecule has 0 unspecified atom stereocenters. The van der Waals surface area contributed by atoms with Gasteiger partial charge in [0.2, 0.25) is 0 Å². The van der Waals surface area contributed by atoms with E-state index in [1.807, 2.05) is 11.8 Å². The zero-order valence-corrected chi connectivity index (χ0v) is 15.3. The van der Waals surface area contributed by atoms with Crippen molar-refractivity contribution in [2.75, 3.05) is 11.2 Å². The zero-order valence-electron chi connectivity index (χ0n) is 14.5. The maximum atomic E-state index is 3.58. The van der Waals surface area contributed by atoms with Gasteiger partial charge < -0.3 is 4.98 Å². The highest BCUT2D eigenvalue weighted by Gasteiger charge is 2.23. The van der Waals surface area contributed by atoms with Crippen molar-refractivity contribution in [3.05, 3.63) is 94.8 Å². The van der Waals surface area contributed by atoms with Gasteiger partial charge >= 0.3 is 0 Å². The molecule has 0 atom stereocenters. The van der Waals surface area contributed by atoms with Gasteiger partial charge in [0.15, 0.2) is 0 Å².